The van der Waals surface area contributed by atoms with Crippen molar-refractivity contribution in [1.29, 1.82) is 0 Å². The molecule has 2 aromatic rings. The van der Waals surface area contributed by atoms with Crippen LogP contribution in [0.3, 0.4) is 0 Å². The van der Waals surface area contributed by atoms with Gasteiger partial charge in [0.2, 0.25) is 35.4 Å². The molecule has 2 saturated heterocycles. The van der Waals surface area contributed by atoms with Crippen molar-refractivity contribution in [1.82, 2.24) is 41.7 Å². The molecule has 0 radical (unpaired) electrons. The first kappa shape index (κ1) is 58.3. The van der Waals surface area contributed by atoms with Crippen molar-refractivity contribution in [3.63, 3.8) is 0 Å². The van der Waals surface area contributed by atoms with Gasteiger partial charge in [-0.2, -0.15) is 0 Å². The van der Waals surface area contributed by atoms with Crippen LogP contribution < -0.4 is 31.9 Å². The number of likely N-dealkylation sites (tertiary alicyclic amines) is 2. The summed E-state index contributed by atoms with van der Waals surface area (Å²) in [7, 11) is 3.36. The maximum atomic E-state index is 14.3. The number of halogens is 2. The molecule has 2 heterocycles. The van der Waals surface area contributed by atoms with Gasteiger partial charge in [-0.25, -0.2) is 0 Å². The summed E-state index contributed by atoms with van der Waals surface area (Å²) in [5.74, 6) is -1.66. The van der Waals surface area contributed by atoms with Crippen molar-refractivity contribution in [2.24, 2.45) is 0 Å². The van der Waals surface area contributed by atoms with Gasteiger partial charge < -0.3 is 51.2 Å². The molecule has 2 aliphatic heterocycles. The number of nitrogens with one attached hydrogen (secondary N) is 6. The Hall–Kier alpha value is -4.32. The fraction of sp³-hybridized carbons (Fsp3) is 0.654. The summed E-state index contributed by atoms with van der Waals surface area (Å²) < 4.78 is 12.5. The monoisotopic (exact) mass is 1010 g/mol. The average molecular weight is 1020 g/mol. The molecule has 18 heteroatoms. The fourth-order valence-corrected chi connectivity index (χ4v) is 10.2. The largest absolute Gasteiger partial charge is 0.376 e. The Morgan fingerprint density at radius 3 is 1.33 bits per heavy atom. The van der Waals surface area contributed by atoms with Crippen LogP contribution in [0.25, 0.3) is 0 Å². The maximum absolute atomic E-state index is 14.3. The lowest BCUT2D eigenvalue weighted by Gasteiger charge is -2.33. The van der Waals surface area contributed by atoms with Gasteiger partial charge in [0.15, 0.2) is 0 Å². The topological polar surface area (TPSA) is 200 Å². The van der Waals surface area contributed by atoms with Gasteiger partial charge in [0.25, 0.3) is 0 Å². The van der Waals surface area contributed by atoms with E-state index in [1.54, 1.807) is 51.6 Å². The Labute approximate surface area is 427 Å². The van der Waals surface area contributed by atoms with Crippen LogP contribution in [0.4, 0.5) is 0 Å². The third kappa shape index (κ3) is 15.1. The summed E-state index contributed by atoms with van der Waals surface area (Å²) in [4.78, 5) is 85.7. The van der Waals surface area contributed by atoms with E-state index in [4.69, 9.17) is 9.47 Å². The number of ether oxygens (including phenoxy) is 2. The van der Waals surface area contributed by atoms with Crippen LogP contribution >= 0.6 is 24.8 Å². The van der Waals surface area contributed by atoms with Gasteiger partial charge in [-0.15, -0.1) is 24.8 Å². The Kier molecular flexibility index (Phi) is 23.8. The third-order valence-corrected chi connectivity index (χ3v) is 14.6. The van der Waals surface area contributed by atoms with Gasteiger partial charge in [-0.1, -0.05) is 61.4 Å². The summed E-state index contributed by atoms with van der Waals surface area (Å²) in [6.07, 6.45) is 9.78. The van der Waals surface area contributed by atoms with Crippen molar-refractivity contribution in [2.75, 3.05) is 40.4 Å². The highest BCUT2D eigenvalue weighted by Gasteiger charge is 2.43. The molecule has 0 bridgehead atoms. The zero-order valence-electron chi connectivity index (χ0n) is 42.1. The Bertz CT molecular complexity index is 1910. The maximum Gasteiger partial charge on any atom is 0.248 e. The van der Waals surface area contributed by atoms with Crippen LogP contribution in [0, 0.1) is 0 Å². The lowest BCUT2D eigenvalue weighted by Crippen LogP contribution is -2.59. The number of benzene rings is 2. The number of likely N-dealkylation sites (N-methyl/N-ethyl adjacent to an activating group) is 2. The third-order valence-electron chi connectivity index (χ3n) is 14.6. The molecule has 16 nitrogen and oxygen atoms in total. The molecule has 2 aliphatic carbocycles. The number of unbranched alkanes of at least 4 members (excludes halogenated alkanes) is 3. The standard InChI is InChI=1S/C52H78N8O8.2ClH/c1-33(53-5)47(61)57-45(51(65)59-29-17-27-43(59)49(63)55-41-25-15-21-37-19-9-11-23-39(37)41)35(3)67-31-13-7-8-14-32-68-36(4)46(58-48(62)34(2)54-6)52(66)60-30-18-28-44(60)50(64)56-42-26-16-22-38-20-10-12-24-40(38)42;;/h9-12,19-20,23-24,33-36,41-46,53-54H,7-8,13-18,21-22,25-32H2,1-6H3,(H,55,63)(H,56,64)(H,57,61)(H,58,62);2*1H/t33-,34-,35+,36+,41-,42+,43-,44-,45-,46-;;/m0../s1. The van der Waals surface area contributed by atoms with Crippen LogP contribution in [0.2, 0.25) is 0 Å². The second-order valence-corrected chi connectivity index (χ2v) is 19.2. The van der Waals surface area contributed by atoms with E-state index >= 15 is 0 Å². The molecule has 6 rings (SSSR count). The first-order valence-corrected chi connectivity index (χ1v) is 25.4. The molecule has 2 fully saturated rings. The molecule has 10 atom stereocenters. The second-order valence-electron chi connectivity index (χ2n) is 19.2. The van der Waals surface area contributed by atoms with Gasteiger partial charge in [0.1, 0.15) is 24.2 Å². The summed E-state index contributed by atoms with van der Waals surface area (Å²) in [6.45, 7) is 8.56. The number of aryl methyl sites for hydroxylation is 2. The average Bonchev–Trinajstić information content (AvgIpc) is 4.06. The summed E-state index contributed by atoms with van der Waals surface area (Å²) in [5, 5.41) is 18.2. The number of hydrogen-bond acceptors (Lipinski definition) is 10. The summed E-state index contributed by atoms with van der Waals surface area (Å²) in [5.41, 5.74) is 4.76. The summed E-state index contributed by atoms with van der Waals surface area (Å²) in [6, 6.07) is 11.9. The highest BCUT2D eigenvalue weighted by atomic mass is 35.5. The quantitative estimate of drug-likeness (QED) is 0.0845. The number of amides is 6. The molecule has 0 saturated carbocycles. The minimum atomic E-state index is -0.983. The zero-order valence-corrected chi connectivity index (χ0v) is 43.7. The first-order chi connectivity index (χ1) is 32.8. The van der Waals surface area contributed by atoms with Gasteiger partial charge >= 0.3 is 0 Å². The van der Waals surface area contributed by atoms with E-state index in [9.17, 15) is 28.8 Å². The lowest BCUT2D eigenvalue weighted by atomic mass is 9.87. The first-order valence-electron chi connectivity index (χ1n) is 25.4. The van der Waals surface area contributed by atoms with Crippen molar-refractivity contribution in [3.8, 4) is 0 Å². The van der Waals surface area contributed by atoms with Crippen LogP contribution in [0.15, 0.2) is 48.5 Å². The van der Waals surface area contributed by atoms with E-state index in [0.29, 0.717) is 64.8 Å². The SMILES string of the molecule is CN[C@@H](C)C(=O)N[C@H](C(=O)N1CCC[C@H]1C(=O)N[C@H]1CCCc2ccccc21)[C@@H](C)OCCCCCCO[C@H](C)[C@H](NC(=O)[C@H](C)NC)C(=O)N1CCC[C@H]1C(=O)N[C@@H]1CCCc2ccccc21.Cl.Cl. The predicted molar refractivity (Wildman–Crippen MR) is 275 cm³/mol. The van der Waals surface area contributed by atoms with Crippen LogP contribution in [-0.4, -0.2) is 134 Å². The number of carbonyl (C=O) groups is 6. The molecule has 6 N–H and O–H groups in total. The van der Waals surface area contributed by atoms with Gasteiger partial charge in [0, 0.05) is 26.3 Å². The number of rotatable bonds is 23. The summed E-state index contributed by atoms with van der Waals surface area (Å²) >= 11 is 0. The fourth-order valence-electron chi connectivity index (χ4n) is 10.2. The molecule has 0 spiro atoms. The van der Waals surface area contributed by atoms with Gasteiger partial charge in [-0.3, -0.25) is 28.8 Å². The van der Waals surface area contributed by atoms with Crippen molar-refractivity contribution < 1.29 is 38.2 Å². The van der Waals surface area contributed by atoms with E-state index in [1.165, 1.54) is 11.1 Å². The molecule has 2 aromatic carbocycles. The number of hydrogen-bond donors (Lipinski definition) is 6. The van der Waals surface area contributed by atoms with Crippen LogP contribution in [0.1, 0.15) is 139 Å². The molecular weight excluding hydrogens is 936 g/mol. The predicted octanol–water partition coefficient (Wildman–Crippen LogP) is 4.76. The van der Waals surface area contributed by atoms with Crippen molar-refractivity contribution in [2.45, 2.75) is 178 Å². The number of fused-ring (bicyclic) bond motifs is 2. The number of nitrogens with zero attached hydrogens (tertiary/aromatic N) is 2. The Balaban J connectivity index is 0.00000533. The van der Waals surface area contributed by atoms with E-state index < -0.39 is 48.5 Å². The lowest BCUT2D eigenvalue weighted by molar-refractivity contribution is -0.145. The van der Waals surface area contributed by atoms with E-state index in [1.807, 2.05) is 24.3 Å². The van der Waals surface area contributed by atoms with Crippen molar-refractivity contribution >= 4 is 60.3 Å². The zero-order chi connectivity index (χ0) is 48.7. The molecule has 390 valence electrons. The molecule has 0 unspecified atom stereocenters. The smallest absolute Gasteiger partial charge is 0.248 e. The van der Waals surface area contributed by atoms with E-state index in [-0.39, 0.29) is 72.3 Å². The molecule has 70 heavy (non-hydrogen) atoms. The molecule has 0 aromatic heterocycles. The minimum Gasteiger partial charge on any atom is -0.376 e. The minimum absolute atomic E-state index is 0. The Morgan fingerprint density at radius 1 is 0.557 bits per heavy atom. The highest BCUT2D eigenvalue weighted by Crippen LogP contribution is 2.32. The number of carbonyl (C=O) groups excluding carboxylic acids is 6. The molecule has 4 aliphatic rings. The van der Waals surface area contributed by atoms with Gasteiger partial charge in [0.05, 0.1) is 36.4 Å². The molecular formula is C52H80Cl2N8O8. The van der Waals surface area contributed by atoms with E-state index in [0.717, 1.165) is 62.5 Å². The normalized spacial score (nSPS) is 22.0. The Morgan fingerprint density at radius 2 is 0.943 bits per heavy atom. The molecule has 6 amide bonds. The van der Waals surface area contributed by atoms with Crippen LogP contribution in [-0.2, 0) is 51.1 Å². The van der Waals surface area contributed by atoms with Crippen molar-refractivity contribution in [3.05, 3.63) is 70.8 Å². The highest BCUT2D eigenvalue weighted by molar-refractivity contribution is 5.95. The second kappa shape index (κ2) is 28.7. The van der Waals surface area contributed by atoms with E-state index in [2.05, 4.69) is 56.2 Å². The van der Waals surface area contributed by atoms with Crippen LogP contribution in [0.5, 0.6) is 0 Å². The van der Waals surface area contributed by atoms with Gasteiger partial charge in [-0.05, 0) is 141 Å².